The molecule has 0 aliphatic carbocycles. The Morgan fingerprint density at radius 1 is 1.27 bits per heavy atom. The standard InChI is InChI=1S/C12H23O2P/c1-3-4-5-6-7-8-9-12(2)10-15-11(13)14-12/h15H,3-10H2,1-2H3. The fourth-order valence-corrected chi connectivity index (χ4v) is 3.06. The number of hydrogen-bond donors (Lipinski definition) is 0. The van der Waals surface area contributed by atoms with Gasteiger partial charge in [-0.3, -0.25) is 0 Å². The SMILES string of the molecule is CCCCCCCCC1(C)CPC(=O)O1. The van der Waals surface area contributed by atoms with E-state index < -0.39 is 0 Å². The van der Waals surface area contributed by atoms with Crippen molar-refractivity contribution in [2.75, 3.05) is 6.16 Å². The van der Waals surface area contributed by atoms with Crippen LogP contribution in [0.2, 0.25) is 0 Å². The van der Waals surface area contributed by atoms with Crippen molar-refractivity contribution in [1.82, 2.24) is 0 Å². The van der Waals surface area contributed by atoms with Crippen molar-refractivity contribution in [2.24, 2.45) is 0 Å². The zero-order valence-corrected chi connectivity index (χ0v) is 11.0. The second-order valence-electron chi connectivity index (χ2n) is 4.71. The molecule has 0 aromatic heterocycles. The second kappa shape index (κ2) is 6.48. The highest BCUT2D eigenvalue weighted by Gasteiger charge is 2.34. The molecular formula is C12H23O2P. The number of cyclic esters (lactones) is 1. The van der Waals surface area contributed by atoms with Gasteiger partial charge >= 0.3 is 5.71 Å². The van der Waals surface area contributed by atoms with E-state index >= 15 is 0 Å². The largest absolute Gasteiger partial charge is 0.456 e. The third kappa shape index (κ3) is 4.97. The Bertz CT molecular complexity index is 206. The first-order valence-corrected chi connectivity index (χ1v) is 7.34. The van der Waals surface area contributed by atoms with E-state index in [9.17, 15) is 4.79 Å². The highest BCUT2D eigenvalue weighted by molar-refractivity contribution is 7.57. The summed E-state index contributed by atoms with van der Waals surface area (Å²) < 4.78 is 5.35. The van der Waals surface area contributed by atoms with Crippen LogP contribution in [0.1, 0.15) is 58.8 Å². The molecule has 0 saturated carbocycles. The Hall–Kier alpha value is -0.100. The van der Waals surface area contributed by atoms with Crippen LogP contribution in [0.5, 0.6) is 0 Å². The van der Waals surface area contributed by atoms with Gasteiger partial charge in [0.25, 0.3) is 0 Å². The molecule has 2 unspecified atom stereocenters. The first-order chi connectivity index (χ1) is 7.16. The van der Waals surface area contributed by atoms with Crippen molar-refractivity contribution >= 4 is 14.3 Å². The maximum absolute atomic E-state index is 11.0. The number of carbonyl (C=O) groups is 1. The highest BCUT2D eigenvalue weighted by Crippen LogP contribution is 2.37. The predicted molar refractivity (Wildman–Crippen MR) is 66.1 cm³/mol. The van der Waals surface area contributed by atoms with Crippen molar-refractivity contribution in [2.45, 2.75) is 64.4 Å². The average Bonchev–Trinajstić information content (AvgIpc) is 2.53. The number of ether oxygens (including phenoxy) is 1. The molecule has 0 amide bonds. The molecule has 1 saturated heterocycles. The molecule has 0 radical (unpaired) electrons. The minimum absolute atomic E-state index is 0.0171. The molecule has 2 atom stereocenters. The molecule has 15 heavy (non-hydrogen) atoms. The van der Waals surface area contributed by atoms with Gasteiger partial charge < -0.3 is 4.74 Å². The van der Waals surface area contributed by atoms with Gasteiger partial charge in [-0.25, -0.2) is 4.79 Å². The van der Waals surface area contributed by atoms with E-state index in [1.54, 1.807) is 0 Å². The monoisotopic (exact) mass is 230 g/mol. The zero-order valence-electron chi connectivity index (χ0n) is 9.97. The van der Waals surface area contributed by atoms with Gasteiger partial charge in [-0.05, 0) is 28.3 Å². The quantitative estimate of drug-likeness (QED) is 0.481. The van der Waals surface area contributed by atoms with Crippen LogP contribution in [0, 0.1) is 0 Å². The molecular weight excluding hydrogens is 207 g/mol. The highest BCUT2D eigenvalue weighted by atomic mass is 31.1. The van der Waals surface area contributed by atoms with Gasteiger partial charge in [0.1, 0.15) is 5.60 Å². The summed E-state index contributed by atoms with van der Waals surface area (Å²) in [4.78, 5) is 11.0. The van der Waals surface area contributed by atoms with Crippen molar-refractivity contribution < 1.29 is 9.53 Å². The van der Waals surface area contributed by atoms with Crippen molar-refractivity contribution in [3.05, 3.63) is 0 Å². The average molecular weight is 230 g/mol. The normalized spacial score (nSPS) is 27.2. The molecule has 0 aromatic rings. The van der Waals surface area contributed by atoms with Crippen LogP contribution in [0.4, 0.5) is 4.79 Å². The van der Waals surface area contributed by atoms with E-state index in [2.05, 4.69) is 13.8 Å². The van der Waals surface area contributed by atoms with Gasteiger partial charge in [0.2, 0.25) is 0 Å². The van der Waals surface area contributed by atoms with E-state index in [0.29, 0.717) is 8.58 Å². The first kappa shape index (κ1) is 13.0. The maximum Gasteiger partial charge on any atom is 0.323 e. The van der Waals surface area contributed by atoms with Gasteiger partial charge in [0, 0.05) is 6.16 Å². The molecule has 3 heteroatoms. The van der Waals surface area contributed by atoms with Crippen LogP contribution in [0.15, 0.2) is 0 Å². The van der Waals surface area contributed by atoms with E-state index in [1.807, 2.05) is 0 Å². The number of unbranched alkanes of at least 4 members (excludes halogenated alkanes) is 5. The lowest BCUT2D eigenvalue weighted by atomic mass is 9.99. The fraction of sp³-hybridized carbons (Fsp3) is 0.917. The summed E-state index contributed by atoms with van der Waals surface area (Å²) in [7, 11) is 0.385. The molecule has 1 rings (SSSR count). The van der Waals surface area contributed by atoms with Crippen LogP contribution >= 0.6 is 8.58 Å². The fourth-order valence-electron chi connectivity index (χ4n) is 1.97. The Balaban J connectivity index is 2.02. The summed E-state index contributed by atoms with van der Waals surface area (Å²) in [5.74, 6) is 0. The Morgan fingerprint density at radius 3 is 2.53 bits per heavy atom. The topological polar surface area (TPSA) is 26.3 Å². The minimum Gasteiger partial charge on any atom is -0.456 e. The Morgan fingerprint density at radius 2 is 1.93 bits per heavy atom. The summed E-state index contributed by atoms with van der Waals surface area (Å²) in [6.07, 6.45) is 9.84. The van der Waals surface area contributed by atoms with Crippen LogP contribution in [0.3, 0.4) is 0 Å². The lowest BCUT2D eigenvalue weighted by Gasteiger charge is -2.21. The van der Waals surface area contributed by atoms with Gasteiger partial charge in [-0.2, -0.15) is 0 Å². The Labute approximate surface area is 94.9 Å². The summed E-state index contributed by atoms with van der Waals surface area (Å²) in [6.45, 7) is 4.32. The van der Waals surface area contributed by atoms with Crippen LogP contribution in [-0.4, -0.2) is 17.5 Å². The molecule has 0 N–H and O–H groups in total. The Kier molecular flexibility index (Phi) is 5.60. The number of rotatable bonds is 7. The van der Waals surface area contributed by atoms with Crippen LogP contribution < -0.4 is 0 Å². The van der Waals surface area contributed by atoms with Crippen LogP contribution in [0.25, 0.3) is 0 Å². The van der Waals surface area contributed by atoms with Crippen molar-refractivity contribution in [3.8, 4) is 0 Å². The van der Waals surface area contributed by atoms with Gasteiger partial charge in [0.15, 0.2) is 0 Å². The van der Waals surface area contributed by atoms with Crippen LogP contribution in [-0.2, 0) is 4.74 Å². The van der Waals surface area contributed by atoms with E-state index in [1.165, 1.54) is 38.5 Å². The number of hydrogen-bond acceptors (Lipinski definition) is 2. The summed E-state index contributed by atoms with van der Waals surface area (Å²) in [5, 5.41) is 0. The predicted octanol–water partition coefficient (Wildman–Crippen LogP) is 4.32. The molecule has 1 aliphatic heterocycles. The second-order valence-corrected chi connectivity index (χ2v) is 5.83. The first-order valence-electron chi connectivity index (χ1n) is 6.13. The lowest BCUT2D eigenvalue weighted by molar-refractivity contribution is 0.0630. The summed E-state index contributed by atoms with van der Waals surface area (Å²) >= 11 is 0. The van der Waals surface area contributed by atoms with Gasteiger partial charge in [-0.1, -0.05) is 39.0 Å². The van der Waals surface area contributed by atoms with E-state index in [4.69, 9.17) is 4.74 Å². The molecule has 1 fully saturated rings. The molecule has 2 nitrogen and oxygen atoms in total. The van der Waals surface area contributed by atoms with E-state index in [-0.39, 0.29) is 11.3 Å². The molecule has 0 spiro atoms. The minimum atomic E-state index is -0.125. The lowest BCUT2D eigenvalue weighted by Crippen LogP contribution is -2.26. The third-order valence-corrected chi connectivity index (χ3v) is 4.32. The molecule has 0 aromatic carbocycles. The molecule has 1 heterocycles. The molecule has 1 aliphatic rings. The van der Waals surface area contributed by atoms with Crippen molar-refractivity contribution in [3.63, 3.8) is 0 Å². The summed E-state index contributed by atoms with van der Waals surface area (Å²) in [6, 6.07) is 0. The number of carbonyl (C=O) groups excluding carboxylic acids is 1. The van der Waals surface area contributed by atoms with E-state index in [0.717, 1.165) is 12.6 Å². The summed E-state index contributed by atoms with van der Waals surface area (Å²) in [5.41, 5.74) is -0.108. The zero-order chi connectivity index (χ0) is 11.1. The van der Waals surface area contributed by atoms with Gasteiger partial charge in [0.05, 0.1) is 0 Å². The third-order valence-electron chi connectivity index (χ3n) is 3.00. The van der Waals surface area contributed by atoms with Crippen molar-refractivity contribution in [1.29, 1.82) is 0 Å². The van der Waals surface area contributed by atoms with Gasteiger partial charge in [-0.15, -0.1) is 0 Å². The maximum atomic E-state index is 11.0. The smallest absolute Gasteiger partial charge is 0.323 e. The molecule has 88 valence electrons. The molecule has 0 bridgehead atoms.